The molecule has 0 radical (unpaired) electrons. The number of aryl methyl sites for hydroxylation is 2. The zero-order valence-electron chi connectivity index (χ0n) is 25.3. The van der Waals surface area contributed by atoms with Crippen LogP contribution in [0.15, 0.2) is 67.3 Å². The van der Waals surface area contributed by atoms with Gasteiger partial charge in [-0.05, 0) is 48.2 Å². The van der Waals surface area contributed by atoms with Gasteiger partial charge in [-0.25, -0.2) is 0 Å². The first kappa shape index (κ1) is 31.0. The monoisotopic (exact) mass is 638 g/mol. The van der Waals surface area contributed by atoms with Crippen LogP contribution in [0.4, 0.5) is 5.82 Å². The fraction of sp³-hybridized carbons (Fsp3) is 0.281. The minimum absolute atomic E-state index is 0.270. The second-order valence-electron chi connectivity index (χ2n) is 11.3. The van der Waals surface area contributed by atoms with E-state index in [1.54, 1.807) is 27.6 Å². The molecule has 0 bridgehead atoms. The molecule has 1 aliphatic rings. The lowest BCUT2D eigenvalue weighted by Gasteiger charge is -2.23. The van der Waals surface area contributed by atoms with Gasteiger partial charge in [-0.1, -0.05) is 22.0 Å². The van der Waals surface area contributed by atoms with Crippen LogP contribution in [0.1, 0.15) is 45.8 Å². The van der Waals surface area contributed by atoms with Crippen LogP contribution in [0.3, 0.4) is 0 Å². The molecular formula is C32H32N9O6+. The van der Waals surface area contributed by atoms with Crippen molar-refractivity contribution in [3.05, 3.63) is 89.5 Å². The number of anilines is 1. The molecule has 0 spiro atoms. The molecule has 1 aliphatic heterocycles. The van der Waals surface area contributed by atoms with E-state index >= 15 is 0 Å². The summed E-state index contributed by atoms with van der Waals surface area (Å²) >= 11 is 0. The number of aromatic amines is 1. The molecule has 1 fully saturated rings. The number of carboxylic acid groups (broad SMARTS) is 2. The van der Waals surface area contributed by atoms with Crippen LogP contribution in [-0.4, -0.2) is 72.5 Å². The van der Waals surface area contributed by atoms with Crippen molar-refractivity contribution in [2.24, 2.45) is 5.92 Å². The van der Waals surface area contributed by atoms with E-state index in [2.05, 4.69) is 32.1 Å². The molecule has 5 aromatic rings. The van der Waals surface area contributed by atoms with Crippen LogP contribution in [-0.2, 0) is 22.6 Å². The minimum atomic E-state index is -1.08. The van der Waals surface area contributed by atoms with Crippen molar-refractivity contribution < 1.29 is 33.8 Å². The van der Waals surface area contributed by atoms with Crippen molar-refractivity contribution in [1.29, 1.82) is 5.26 Å². The number of nitrogens with zero attached hydrogens (tertiary/aromatic N) is 6. The number of carbonyl (C=O) groups is 3. The number of carboxylic acids is 2. The Morgan fingerprint density at radius 3 is 2.81 bits per heavy atom. The molecule has 4 heterocycles. The molecule has 3 atom stereocenters. The second kappa shape index (κ2) is 13.2. The van der Waals surface area contributed by atoms with Crippen LogP contribution in [0.25, 0.3) is 11.3 Å². The smallest absolute Gasteiger partial charge is 0.321 e. The molecule has 6 rings (SSSR count). The predicted octanol–water partition coefficient (Wildman–Crippen LogP) is 2.11. The van der Waals surface area contributed by atoms with Gasteiger partial charge < -0.3 is 25.6 Å². The summed E-state index contributed by atoms with van der Waals surface area (Å²) in [4.78, 5) is 36.3. The Morgan fingerprint density at radius 1 is 1.21 bits per heavy atom. The summed E-state index contributed by atoms with van der Waals surface area (Å²) in [6.45, 7) is 0.835. The molecule has 1 amide bonds. The van der Waals surface area contributed by atoms with Gasteiger partial charge in [0.1, 0.15) is 18.0 Å². The fourth-order valence-electron chi connectivity index (χ4n) is 6.17. The number of methoxy groups -OCH3 is 1. The van der Waals surface area contributed by atoms with Gasteiger partial charge in [0.05, 0.1) is 37.6 Å². The van der Waals surface area contributed by atoms with Crippen molar-refractivity contribution in [3.8, 4) is 23.1 Å². The Bertz CT molecular complexity index is 1980. The third-order valence-corrected chi connectivity index (χ3v) is 8.41. The normalized spacial score (nSPS) is 17.4. The highest BCUT2D eigenvalue weighted by Crippen LogP contribution is 2.39. The van der Waals surface area contributed by atoms with E-state index in [4.69, 9.17) is 4.74 Å². The Kier molecular flexibility index (Phi) is 8.67. The Labute approximate surface area is 268 Å². The number of H-pyrrole nitrogens is 1. The number of amides is 1. The van der Waals surface area contributed by atoms with Crippen LogP contribution in [0.5, 0.6) is 5.75 Å². The van der Waals surface area contributed by atoms with Crippen LogP contribution in [0, 0.1) is 17.2 Å². The molecule has 0 aliphatic carbocycles. The lowest BCUT2D eigenvalue weighted by molar-refractivity contribution is -0.617. The SMILES string of the molecule is COc1ccc(CCCn2cc(NC(=O)c3ccc(-c4c[n+]5cccn5[nH]4)c(C#N)c3)nn2)cc1[C@H]1CN[C@H](C(=O)O)[C@H]1CC(=O)O. The number of nitriles is 1. The molecule has 1 saturated heterocycles. The first-order valence-electron chi connectivity index (χ1n) is 14.9. The maximum absolute atomic E-state index is 13.0. The molecule has 240 valence electrons. The number of nitrogens with one attached hydrogen (secondary N) is 3. The van der Waals surface area contributed by atoms with Gasteiger partial charge in [0.25, 0.3) is 5.91 Å². The van der Waals surface area contributed by atoms with Crippen molar-refractivity contribution in [3.63, 3.8) is 0 Å². The number of benzene rings is 2. The maximum Gasteiger partial charge on any atom is 0.321 e. The number of ether oxygens (including phenoxy) is 1. The molecular weight excluding hydrogens is 606 g/mol. The Morgan fingerprint density at radius 2 is 2.06 bits per heavy atom. The minimum Gasteiger partial charge on any atom is -0.496 e. The standard InChI is InChI=1S/C32H31N9O6/c1-47-27-8-5-19(12-23(27)25-16-34-30(32(45)46)24(25)14-29(42)43)4-2-9-39-18-28(36-38-39)35-31(44)20-6-7-22(21(13-20)15-33)26-17-40-10-3-11-41(40)37-26/h3,5-8,10-13,17-18,24-25,30,34,37H,2,4,9,14,16H2,1H3,(H2-,35,42,43,44,45,46)/p+1/t24-,25+,30-/m0/s1. The van der Waals surface area contributed by atoms with Crippen molar-refractivity contribution in [2.45, 2.75) is 37.8 Å². The molecule has 2 aromatic carbocycles. The summed E-state index contributed by atoms with van der Waals surface area (Å²) < 4.78 is 10.8. The zero-order chi connectivity index (χ0) is 33.1. The number of carbonyl (C=O) groups excluding carboxylic acids is 1. The molecule has 47 heavy (non-hydrogen) atoms. The van der Waals surface area contributed by atoms with E-state index in [-0.39, 0.29) is 18.2 Å². The van der Waals surface area contributed by atoms with Crippen LogP contribution in [0.2, 0.25) is 0 Å². The van der Waals surface area contributed by atoms with Gasteiger partial charge in [0, 0.05) is 42.1 Å². The van der Waals surface area contributed by atoms with Gasteiger partial charge in [0.15, 0.2) is 17.7 Å². The lowest BCUT2D eigenvalue weighted by Crippen LogP contribution is -2.36. The van der Waals surface area contributed by atoms with Crippen LogP contribution >= 0.6 is 0 Å². The molecule has 3 aromatic heterocycles. The molecule has 0 unspecified atom stereocenters. The number of rotatable bonds is 12. The summed E-state index contributed by atoms with van der Waals surface area (Å²) in [6.07, 6.45) is 8.25. The Hall–Kier alpha value is -6.01. The molecule has 0 saturated carbocycles. The van der Waals surface area contributed by atoms with E-state index in [0.717, 1.165) is 16.8 Å². The highest BCUT2D eigenvalue weighted by molar-refractivity contribution is 6.04. The topological polar surface area (TPSA) is 204 Å². The van der Waals surface area contributed by atoms with Crippen molar-refractivity contribution >= 4 is 23.7 Å². The zero-order valence-corrected chi connectivity index (χ0v) is 25.3. The number of aromatic nitrogens is 6. The first-order valence-corrected chi connectivity index (χ1v) is 14.9. The van der Waals surface area contributed by atoms with Crippen LogP contribution < -0.4 is 19.9 Å². The number of aliphatic carboxylic acids is 2. The average Bonchev–Trinajstić information content (AvgIpc) is 3.85. The second-order valence-corrected chi connectivity index (χ2v) is 11.3. The average molecular weight is 639 g/mol. The predicted molar refractivity (Wildman–Crippen MR) is 165 cm³/mol. The third kappa shape index (κ3) is 6.53. The summed E-state index contributed by atoms with van der Waals surface area (Å²) in [7, 11) is 1.53. The van der Waals surface area contributed by atoms with Gasteiger partial charge in [-0.2, -0.15) is 10.4 Å². The van der Waals surface area contributed by atoms with E-state index < -0.39 is 29.8 Å². The highest BCUT2D eigenvalue weighted by atomic mass is 16.5. The quantitative estimate of drug-likeness (QED) is 0.126. The van der Waals surface area contributed by atoms with Gasteiger partial charge in [-0.15, -0.1) is 9.61 Å². The highest BCUT2D eigenvalue weighted by Gasteiger charge is 2.43. The Balaban J connectivity index is 1.08. The summed E-state index contributed by atoms with van der Waals surface area (Å²) in [5, 5.41) is 45.9. The third-order valence-electron chi connectivity index (χ3n) is 8.41. The molecule has 15 heteroatoms. The lowest BCUT2D eigenvalue weighted by atomic mass is 9.82. The van der Waals surface area contributed by atoms with Crippen molar-refractivity contribution in [2.75, 3.05) is 19.0 Å². The number of hydrogen-bond donors (Lipinski definition) is 5. The molecule has 15 nitrogen and oxygen atoms in total. The summed E-state index contributed by atoms with van der Waals surface area (Å²) in [5.74, 6) is -2.67. The van der Waals surface area contributed by atoms with E-state index in [1.807, 2.05) is 47.4 Å². The number of fused-ring (bicyclic) bond motifs is 1. The molecule has 5 N–H and O–H groups in total. The fourth-order valence-corrected chi connectivity index (χ4v) is 6.17. The van der Waals surface area contributed by atoms with E-state index in [0.29, 0.717) is 48.4 Å². The first-order chi connectivity index (χ1) is 22.7. The van der Waals surface area contributed by atoms with Gasteiger partial charge in [0.2, 0.25) is 0 Å². The van der Waals surface area contributed by atoms with Gasteiger partial charge in [-0.3, -0.25) is 19.1 Å². The summed E-state index contributed by atoms with van der Waals surface area (Å²) in [5.41, 5.74) is 3.80. The number of hydrogen-bond acceptors (Lipinski definition) is 8. The largest absolute Gasteiger partial charge is 0.496 e. The van der Waals surface area contributed by atoms with Gasteiger partial charge >= 0.3 is 11.9 Å². The maximum atomic E-state index is 13.0. The van der Waals surface area contributed by atoms with E-state index in [9.17, 15) is 29.9 Å². The van der Waals surface area contributed by atoms with Crippen molar-refractivity contribution in [1.82, 2.24) is 30.0 Å². The summed E-state index contributed by atoms with van der Waals surface area (Å²) in [6, 6.07) is 13.7. The van der Waals surface area contributed by atoms with E-state index in [1.165, 1.54) is 13.2 Å².